The summed E-state index contributed by atoms with van der Waals surface area (Å²) in [6.07, 6.45) is 5.89. The Balaban J connectivity index is 1.62. The zero-order valence-corrected chi connectivity index (χ0v) is 14.6. The van der Waals surface area contributed by atoms with Crippen molar-refractivity contribution in [2.45, 2.75) is 38.7 Å². The van der Waals surface area contributed by atoms with Crippen molar-refractivity contribution in [2.24, 2.45) is 0 Å². The van der Waals surface area contributed by atoms with E-state index in [4.69, 9.17) is 9.47 Å². The Kier molecular flexibility index (Phi) is 6.06. The molecule has 1 amide bonds. The van der Waals surface area contributed by atoms with E-state index in [1.165, 1.54) is 0 Å². The molecule has 0 unspecified atom stereocenters. The van der Waals surface area contributed by atoms with E-state index in [0.717, 1.165) is 50.2 Å². The predicted molar refractivity (Wildman–Crippen MR) is 95.7 cm³/mol. The van der Waals surface area contributed by atoms with E-state index in [-0.39, 0.29) is 12.0 Å². The first-order valence-electron chi connectivity index (χ1n) is 8.94. The van der Waals surface area contributed by atoms with Crippen LogP contribution in [0.4, 0.5) is 0 Å². The molecule has 134 valence electrons. The quantitative estimate of drug-likeness (QED) is 0.722. The Morgan fingerprint density at radius 1 is 1.40 bits per heavy atom. The molecular formula is C19H25N3O3. The largest absolute Gasteiger partial charge is 0.494 e. The van der Waals surface area contributed by atoms with Gasteiger partial charge in [-0.15, -0.1) is 0 Å². The van der Waals surface area contributed by atoms with Gasteiger partial charge in [0.05, 0.1) is 30.2 Å². The van der Waals surface area contributed by atoms with Crippen LogP contribution in [-0.4, -0.2) is 42.0 Å². The molecule has 1 aliphatic heterocycles. The van der Waals surface area contributed by atoms with Crippen molar-refractivity contribution >= 4 is 5.91 Å². The molecule has 1 aromatic heterocycles. The number of benzene rings is 1. The Hall–Kier alpha value is -2.34. The number of hydrogen-bond donors (Lipinski definition) is 2. The van der Waals surface area contributed by atoms with Gasteiger partial charge in [-0.05, 0) is 43.5 Å². The average molecular weight is 343 g/mol. The van der Waals surface area contributed by atoms with E-state index in [9.17, 15) is 4.79 Å². The number of rotatable bonds is 8. The van der Waals surface area contributed by atoms with E-state index < -0.39 is 0 Å². The molecule has 1 fully saturated rings. The third-order valence-corrected chi connectivity index (χ3v) is 4.31. The fourth-order valence-electron chi connectivity index (χ4n) is 2.84. The lowest BCUT2D eigenvalue weighted by molar-refractivity contribution is 0.0858. The lowest BCUT2D eigenvalue weighted by Crippen LogP contribution is -2.31. The first-order chi connectivity index (χ1) is 12.3. The van der Waals surface area contributed by atoms with Crippen molar-refractivity contribution in [1.82, 2.24) is 15.5 Å². The summed E-state index contributed by atoms with van der Waals surface area (Å²) in [5.74, 6) is 0.698. The topological polar surface area (TPSA) is 76.2 Å². The maximum atomic E-state index is 12.4. The molecule has 2 aromatic rings. The average Bonchev–Trinajstić information content (AvgIpc) is 3.32. The number of amides is 1. The minimum absolute atomic E-state index is 0.124. The molecule has 1 aliphatic rings. The Morgan fingerprint density at radius 3 is 2.96 bits per heavy atom. The minimum Gasteiger partial charge on any atom is -0.494 e. The highest BCUT2D eigenvalue weighted by Crippen LogP contribution is 2.24. The lowest BCUT2D eigenvalue weighted by Gasteiger charge is -2.11. The highest BCUT2D eigenvalue weighted by Gasteiger charge is 2.19. The van der Waals surface area contributed by atoms with Crippen molar-refractivity contribution < 1.29 is 14.3 Å². The van der Waals surface area contributed by atoms with Gasteiger partial charge in [-0.25, -0.2) is 0 Å². The summed E-state index contributed by atoms with van der Waals surface area (Å²) in [6.45, 7) is 4.17. The smallest absolute Gasteiger partial charge is 0.255 e. The standard InChI is InChI=1S/C19H25N3O3/c1-2-3-10-24-15-8-6-14(7-9-15)18-17(13-21-22-18)19(23)20-12-16-5-4-11-25-16/h6-9,13,16H,2-5,10-12H2,1H3,(H,20,23)(H,21,22)/t16-/m0/s1. The summed E-state index contributed by atoms with van der Waals surface area (Å²) < 4.78 is 11.2. The van der Waals surface area contributed by atoms with Crippen LogP contribution in [0.2, 0.25) is 0 Å². The maximum absolute atomic E-state index is 12.4. The van der Waals surface area contributed by atoms with Crippen molar-refractivity contribution in [1.29, 1.82) is 0 Å². The molecule has 1 atom stereocenters. The van der Waals surface area contributed by atoms with Crippen LogP contribution < -0.4 is 10.1 Å². The number of aromatic amines is 1. The van der Waals surface area contributed by atoms with Gasteiger partial charge in [0.25, 0.3) is 5.91 Å². The van der Waals surface area contributed by atoms with Gasteiger partial charge in [0, 0.05) is 18.7 Å². The number of ether oxygens (including phenoxy) is 2. The van der Waals surface area contributed by atoms with Gasteiger partial charge in [0.15, 0.2) is 0 Å². The van der Waals surface area contributed by atoms with Gasteiger partial charge in [-0.1, -0.05) is 13.3 Å². The highest BCUT2D eigenvalue weighted by atomic mass is 16.5. The molecule has 1 saturated heterocycles. The normalized spacial score (nSPS) is 16.8. The van der Waals surface area contributed by atoms with Gasteiger partial charge in [0.2, 0.25) is 0 Å². The Labute approximate surface area is 147 Å². The van der Waals surface area contributed by atoms with Crippen molar-refractivity contribution in [2.75, 3.05) is 19.8 Å². The molecule has 3 rings (SSSR count). The molecule has 0 bridgehead atoms. The van der Waals surface area contributed by atoms with E-state index in [0.29, 0.717) is 17.8 Å². The van der Waals surface area contributed by atoms with Gasteiger partial charge in [-0.3, -0.25) is 9.89 Å². The van der Waals surface area contributed by atoms with Crippen LogP contribution in [0.5, 0.6) is 5.75 Å². The summed E-state index contributed by atoms with van der Waals surface area (Å²) in [6, 6.07) is 7.71. The molecule has 1 aromatic carbocycles. The molecule has 0 saturated carbocycles. The summed E-state index contributed by atoms with van der Waals surface area (Å²) in [7, 11) is 0. The molecule has 2 N–H and O–H groups in total. The van der Waals surface area contributed by atoms with Crippen molar-refractivity contribution in [3.05, 3.63) is 36.0 Å². The lowest BCUT2D eigenvalue weighted by atomic mass is 10.1. The number of nitrogens with zero attached hydrogens (tertiary/aromatic N) is 1. The molecule has 6 nitrogen and oxygen atoms in total. The predicted octanol–water partition coefficient (Wildman–Crippen LogP) is 3.16. The molecule has 6 heteroatoms. The zero-order valence-electron chi connectivity index (χ0n) is 14.6. The third kappa shape index (κ3) is 4.60. The Bertz CT molecular complexity index is 675. The fourth-order valence-corrected chi connectivity index (χ4v) is 2.84. The first-order valence-corrected chi connectivity index (χ1v) is 8.94. The van der Waals surface area contributed by atoms with Crippen molar-refractivity contribution in [3.63, 3.8) is 0 Å². The summed E-state index contributed by atoms with van der Waals surface area (Å²) >= 11 is 0. The molecule has 0 radical (unpaired) electrons. The van der Waals surface area contributed by atoms with Gasteiger partial charge >= 0.3 is 0 Å². The van der Waals surface area contributed by atoms with E-state index in [2.05, 4.69) is 22.4 Å². The van der Waals surface area contributed by atoms with Crippen molar-refractivity contribution in [3.8, 4) is 17.0 Å². The summed E-state index contributed by atoms with van der Waals surface area (Å²) in [4.78, 5) is 12.4. The second-order valence-corrected chi connectivity index (χ2v) is 6.23. The third-order valence-electron chi connectivity index (χ3n) is 4.31. The Morgan fingerprint density at radius 2 is 2.24 bits per heavy atom. The minimum atomic E-state index is -0.137. The second-order valence-electron chi connectivity index (χ2n) is 6.23. The van der Waals surface area contributed by atoms with Crippen LogP contribution in [0, 0.1) is 0 Å². The maximum Gasteiger partial charge on any atom is 0.255 e. The molecule has 0 aliphatic carbocycles. The number of carbonyl (C=O) groups excluding carboxylic acids is 1. The van der Waals surface area contributed by atoms with E-state index in [1.807, 2.05) is 24.3 Å². The fraction of sp³-hybridized carbons (Fsp3) is 0.474. The SMILES string of the molecule is CCCCOc1ccc(-c2[nH]ncc2C(=O)NC[C@@H]2CCCO2)cc1. The van der Waals surface area contributed by atoms with Gasteiger partial charge < -0.3 is 14.8 Å². The number of unbranched alkanes of at least 4 members (excludes halogenated alkanes) is 1. The summed E-state index contributed by atoms with van der Waals surface area (Å²) in [5.41, 5.74) is 2.16. The van der Waals surface area contributed by atoms with Crippen LogP contribution in [0.15, 0.2) is 30.5 Å². The highest BCUT2D eigenvalue weighted by molar-refractivity contribution is 5.99. The van der Waals surface area contributed by atoms with Crippen LogP contribution in [0.1, 0.15) is 43.0 Å². The molecule has 25 heavy (non-hydrogen) atoms. The second kappa shape index (κ2) is 8.67. The monoisotopic (exact) mass is 343 g/mol. The van der Waals surface area contributed by atoms with E-state index >= 15 is 0 Å². The number of carbonyl (C=O) groups is 1. The van der Waals surface area contributed by atoms with Crippen LogP contribution in [0.3, 0.4) is 0 Å². The number of H-pyrrole nitrogens is 1. The van der Waals surface area contributed by atoms with E-state index in [1.54, 1.807) is 6.20 Å². The van der Waals surface area contributed by atoms with Crippen LogP contribution in [-0.2, 0) is 4.74 Å². The summed E-state index contributed by atoms with van der Waals surface area (Å²) in [5, 5.41) is 9.89. The zero-order chi connectivity index (χ0) is 17.5. The first kappa shape index (κ1) is 17.5. The van der Waals surface area contributed by atoms with Gasteiger partial charge in [-0.2, -0.15) is 5.10 Å². The number of hydrogen-bond acceptors (Lipinski definition) is 4. The molecule has 0 spiro atoms. The van der Waals surface area contributed by atoms with Gasteiger partial charge in [0.1, 0.15) is 5.75 Å². The molecular weight excluding hydrogens is 318 g/mol. The number of nitrogens with one attached hydrogen (secondary N) is 2. The van der Waals surface area contributed by atoms with Crippen LogP contribution in [0.25, 0.3) is 11.3 Å². The number of aromatic nitrogens is 2. The van der Waals surface area contributed by atoms with Crippen LogP contribution >= 0.6 is 0 Å². The molecule has 2 heterocycles.